The van der Waals surface area contributed by atoms with Gasteiger partial charge in [-0.25, -0.2) is 0 Å². The molecule has 114 valence electrons. The summed E-state index contributed by atoms with van der Waals surface area (Å²) in [4.78, 5) is 0. The van der Waals surface area contributed by atoms with Gasteiger partial charge in [0.15, 0.2) is 0 Å². The Hall–Kier alpha value is -1.27. The fourth-order valence-electron chi connectivity index (χ4n) is 2.70. The highest BCUT2D eigenvalue weighted by Gasteiger charge is 2.13. The first-order valence-electron chi connectivity index (χ1n) is 7.98. The van der Waals surface area contributed by atoms with Crippen molar-refractivity contribution < 1.29 is 0 Å². The Balaban J connectivity index is 0.00000106. The van der Waals surface area contributed by atoms with E-state index in [1.165, 1.54) is 17.5 Å². The SMILES string of the molecule is CC.CC[C@@H](c1ccc(-c2ccccc2Cl)cc1)C(C)C. The highest BCUT2D eigenvalue weighted by atomic mass is 35.5. The van der Waals surface area contributed by atoms with Crippen LogP contribution in [-0.4, -0.2) is 0 Å². The molecule has 2 rings (SSSR count). The van der Waals surface area contributed by atoms with E-state index in [0.29, 0.717) is 11.8 Å². The summed E-state index contributed by atoms with van der Waals surface area (Å²) in [5, 5.41) is 0.811. The Morgan fingerprint density at radius 3 is 1.95 bits per heavy atom. The normalized spacial score (nSPS) is 11.8. The molecule has 0 fully saturated rings. The fourth-order valence-corrected chi connectivity index (χ4v) is 2.94. The number of hydrogen-bond donors (Lipinski definition) is 0. The lowest BCUT2D eigenvalue weighted by Gasteiger charge is -2.19. The molecule has 0 nitrogen and oxygen atoms in total. The number of halogens is 1. The zero-order valence-corrected chi connectivity index (χ0v) is 14.6. The van der Waals surface area contributed by atoms with Crippen molar-refractivity contribution in [2.75, 3.05) is 0 Å². The maximum atomic E-state index is 6.24. The second-order valence-corrected chi connectivity index (χ2v) is 5.77. The second-order valence-electron chi connectivity index (χ2n) is 5.36. The van der Waals surface area contributed by atoms with E-state index in [4.69, 9.17) is 11.6 Å². The van der Waals surface area contributed by atoms with Crippen molar-refractivity contribution in [2.45, 2.75) is 47.0 Å². The standard InChI is InChI=1S/C18H21Cl.C2H6/c1-4-16(13(2)3)14-9-11-15(12-10-14)17-7-5-6-8-18(17)19;1-2/h5-13,16H,4H2,1-3H3;1-2H3/t16-;/m1./s1. The predicted octanol–water partition coefficient (Wildman–Crippen LogP) is 7.18. The zero-order chi connectivity index (χ0) is 15.8. The third-order valence-electron chi connectivity index (χ3n) is 3.77. The van der Waals surface area contributed by atoms with Gasteiger partial charge in [0.25, 0.3) is 0 Å². The molecule has 1 atom stereocenters. The van der Waals surface area contributed by atoms with Crippen molar-refractivity contribution in [3.8, 4) is 11.1 Å². The Kier molecular flexibility index (Phi) is 7.53. The van der Waals surface area contributed by atoms with Gasteiger partial charge >= 0.3 is 0 Å². The molecule has 0 radical (unpaired) electrons. The van der Waals surface area contributed by atoms with Crippen molar-refractivity contribution in [3.05, 3.63) is 59.1 Å². The van der Waals surface area contributed by atoms with E-state index in [2.05, 4.69) is 51.1 Å². The van der Waals surface area contributed by atoms with E-state index >= 15 is 0 Å². The summed E-state index contributed by atoms with van der Waals surface area (Å²) in [6.07, 6.45) is 1.18. The Bertz CT molecular complexity index is 526. The van der Waals surface area contributed by atoms with Crippen molar-refractivity contribution in [1.29, 1.82) is 0 Å². The zero-order valence-electron chi connectivity index (χ0n) is 13.9. The second kappa shape index (κ2) is 8.89. The quantitative estimate of drug-likeness (QED) is 0.561. The maximum absolute atomic E-state index is 6.24. The lowest BCUT2D eigenvalue weighted by molar-refractivity contribution is 0.485. The first kappa shape index (κ1) is 17.8. The molecular weight excluding hydrogens is 276 g/mol. The van der Waals surface area contributed by atoms with Gasteiger partial charge in [-0.3, -0.25) is 0 Å². The monoisotopic (exact) mass is 302 g/mol. The topological polar surface area (TPSA) is 0 Å². The van der Waals surface area contributed by atoms with E-state index < -0.39 is 0 Å². The van der Waals surface area contributed by atoms with Gasteiger partial charge < -0.3 is 0 Å². The third-order valence-corrected chi connectivity index (χ3v) is 4.10. The molecular formula is C20H27Cl. The van der Waals surface area contributed by atoms with Gasteiger partial charge in [-0.15, -0.1) is 0 Å². The minimum Gasteiger partial charge on any atom is -0.0837 e. The van der Waals surface area contributed by atoms with E-state index in [-0.39, 0.29) is 0 Å². The summed E-state index contributed by atoms with van der Waals surface area (Å²) < 4.78 is 0. The molecule has 0 saturated carbocycles. The molecule has 0 N–H and O–H groups in total. The predicted molar refractivity (Wildman–Crippen MR) is 96.1 cm³/mol. The van der Waals surface area contributed by atoms with E-state index in [1.54, 1.807) is 0 Å². The lowest BCUT2D eigenvalue weighted by Crippen LogP contribution is -2.05. The summed E-state index contributed by atoms with van der Waals surface area (Å²) in [6, 6.07) is 16.8. The molecule has 0 aliphatic rings. The van der Waals surface area contributed by atoms with E-state index in [1.807, 2.05) is 32.0 Å². The summed E-state index contributed by atoms with van der Waals surface area (Å²) in [6.45, 7) is 10.8. The highest BCUT2D eigenvalue weighted by Crippen LogP contribution is 2.31. The molecule has 0 aromatic heterocycles. The Morgan fingerprint density at radius 1 is 0.905 bits per heavy atom. The van der Waals surface area contributed by atoms with Crippen LogP contribution in [0.25, 0.3) is 11.1 Å². The molecule has 0 aliphatic heterocycles. The van der Waals surface area contributed by atoms with Crippen LogP contribution in [0.5, 0.6) is 0 Å². The van der Waals surface area contributed by atoms with Crippen LogP contribution in [0.4, 0.5) is 0 Å². The summed E-state index contributed by atoms with van der Waals surface area (Å²) >= 11 is 6.24. The number of hydrogen-bond acceptors (Lipinski definition) is 0. The first-order valence-corrected chi connectivity index (χ1v) is 8.36. The smallest absolute Gasteiger partial charge is 0.0484 e. The highest BCUT2D eigenvalue weighted by molar-refractivity contribution is 6.33. The van der Waals surface area contributed by atoms with Crippen LogP contribution in [-0.2, 0) is 0 Å². The van der Waals surface area contributed by atoms with Crippen LogP contribution >= 0.6 is 11.6 Å². The summed E-state index contributed by atoms with van der Waals surface area (Å²) in [5.41, 5.74) is 3.72. The average molecular weight is 303 g/mol. The number of rotatable bonds is 4. The van der Waals surface area contributed by atoms with Crippen LogP contribution in [0.2, 0.25) is 5.02 Å². The number of benzene rings is 2. The van der Waals surface area contributed by atoms with Gasteiger partial charge in [-0.05, 0) is 35.4 Å². The summed E-state index contributed by atoms with van der Waals surface area (Å²) in [7, 11) is 0. The molecule has 21 heavy (non-hydrogen) atoms. The van der Waals surface area contributed by atoms with Crippen molar-refractivity contribution >= 4 is 11.6 Å². The molecule has 0 unspecified atom stereocenters. The third kappa shape index (κ3) is 4.61. The lowest BCUT2D eigenvalue weighted by atomic mass is 9.86. The van der Waals surface area contributed by atoms with Gasteiger partial charge in [-0.2, -0.15) is 0 Å². The molecule has 0 heterocycles. The van der Waals surface area contributed by atoms with Gasteiger partial charge in [0.1, 0.15) is 0 Å². The fraction of sp³-hybridized carbons (Fsp3) is 0.400. The van der Waals surface area contributed by atoms with Crippen LogP contribution < -0.4 is 0 Å². The van der Waals surface area contributed by atoms with Gasteiger partial charge in [0.05, 0.1) is 0 Å². The molecule has 2 aromatic rings. The molecule has 0 bridgehead atoms. The minimum absolute atomic E-state index is 0.639. The van der Waals surface area contributed by atoms with Gasteiger partial charge in [-0.1, -0.05) is 88.7 Å². The Labute approximate surface area is 135 Å². The van der Waals surface area contributed by atoms with Crippen LogP contribution in [0.1, 0.15) is 52.5 Å². The molecule has 0 aliphatic carbocycles. The van der Waals surface area contributed by atoms with Crippen molar-refractivity contribution in [2.24, 2.45) is 5.92 Å². The maximum Gasteiger partial charge on any atom is 0.0484 e. The molecule has 1 heteroatoms. The first-order chi connectivity index (χ1) is 10.1. The van der Waals surface area contributed by atoms with Crippen LogP contribution in [0, 0.1) is 5.92 Å². The Morgan fingerprint density at radius 2 is 1.48 bits per heavy atom. The molecule has 0 amide bonds. The van der Waals surface area contributed by atoms with Gasteiger partial charge in [0.2, 0.25) is 0 Å². The minimum atomic E-state index is 0.639. The largest absolute Gasteiger partial charge is 0.0837 e. The average Bonchev–Trinajstić information content (AvgIpc) is 2.51. The molecule has 0 spiro atoms. The van der Waals surface area contributed by atoms with E-state index in [0.717, 1.165) is 10.6 Å². The van der Waals surface area contributed by atoms with Crippen LogP contribution in [0.15, 0.2) is 48.5 Å². The molecule has 2 aromatic carbocycles. The van der Waals surface area contributed by atoms with Crippen LogP contribution in [0.3, 0.4) is 0 Å². The van der Waals surface area contributed by atoms with Crippen molar-refractivity contribution in [3.63, 3.8) is 0 Å². The summed E-state index contributed by atoms with van der Waals surface area (Å²) in [5.74, 6) is 1.32. The molecule has 0 saturated heterocycles. The van der Waals surface area contributed by atoms with Gasteiger partial charge in [0, 0.05) is 10.6 Å². The van der Waals surface area contributed by atoms with Crippen molar-refractivity contribution in [1.82, 2.24) is 0 Å². The van der Waals surface area contributed by atoms with E-state index in [9.17, 15) is 0 Å².